The summed E-state index contributed by atoms with van der Waals surface area (Å²) in [4.78, 5) is 15.1. The third-order valence-corrected chi connectivity index (χ3v) is 2.94. The number of hydrogen-bond donors (Lipinski definition) is 2. The van der Waals surface area contributed by atoms with Gasteiger partial charge < -0.3 is 15.6 Å². The molecule has 3 N–H and O–H groups in total. The fourth-order valence-electron chi connectivity index (χ4n) is 2.03. The molecule has 0 bridgehead atoms. The van der Waals surface area contributed by atoms with Gasteiger partial charge in [0.25, 0.3) is 0 Å². The van der Waals surface area contributed by atoms with Gasteiger partial charge in [-0.1, -0.05) is 12.1 Å². The summed E-state index contributed by atoms with van der Waals surface area (Å²) in [5.41, 5.74) is 5.86. The number of rotatable bonds is 5. The van der Waals surface area contributed by atoms with Crippen molar-refractivity contribution in [2.45, 2.75) is 19.1 Å². The number of nitrogens with two attached hydrogens (primary N) is 1. The number of para-hydroxylation sites is 2. The van der Waals surface area contributed by atoms with Gasteiger partial charge in [-0.3, -0.25) is 4.79 Å². The SMILES string of the molecule is NCCNC(=O)CCn1c(C(F)(F)F)nc2ccccc21. The highest BCUT2D eigenvalue weighted by atomic mass is 19.4. The van der Waals surface area contributed by atoms with Crippen LogP contribution < -0.4 is 11.1 Å². The maximum Gasteiger partial charge on any atom is 0.449 e. The van der Waals surface area contributed by atoms with E-state index in [0.29, 0.717) is 12.1 Å². The van der Waals surface area contributed by atoms with Gasteiger partial charge in [-0.05, 0) is 12.1 Å². The minimum absolute atomic E-state index is 0.0660. The molecule has 0 saturated heterocycles. The van der Waals surface area contributed by atoms with Gasteiger partial charge in [-0.25, -0.2) is 4.98 Å². The number of carbonyl (C=O) groups is 1. The lowest BCUT2D eigenvalue weighted by molar-refractivity contribution is -0.147. The third kappa shape index (κ3) is 3.52. The van der Waals surface area contributed by atoms with E-state index in [2.05, 4.69) is 10.3 Å². The Morgan fingerprint density at radius 3 is 2.71 bits per heavy atom. The van der Waals surface area contributed by atoms with Crippen LogP contribution in [0.5, 0.6) is 0 Å². The van der Waals surface area contributed by atoms with Crippen molar-refractivity contribution in [2.75, 3.05) is 13.1 Å². The van der Waals surface area contributed by atoms with Gasteiger partial charge in [0.15, 0.2) is 0 Å². The Kier molecular flexibility index (Phi) is 4.46. The van der Waals surface area contributed by atoms with Gasteiger partial charge >= 0.3 is 6.18 Å². The highest BCUT2D eigenvalue weighted by Gasteiger charge is 2.37. The van der Waals surface area contributed by atoms with Crippen LogP contribution in [0.4, 0.5) is 13.2 Å². The van der Waals surface area contributed by atoms with E-state index in [9.17, 15) is 18.0 Å². The van der Waals surface area contributed by atoms with Crippen LogP contribution >= 0.6 is 0 Å². The number of fused-ring (bicyclic) bond motifs is 1. The average Bonchev–Trinajstić information content (AvgIpc) is 2.81. The van der Waals surface area contributed by atoms with Gasteiger partial charge in [-0.2, -0.15) is 13.2 Å². The van der Waals surface area contributed by atoms with Crippen LogP contribution in [0.1, 0.15) is 12.2 Å². The van der Waals surface area contributed by atoms with Crippen molar-refractivity contribution in [1.29, 1.82) is 0 Å². The lowest BCUT2D eigenvalue weighted by Gasteiger charge is -2.11. The molecule has 1 heterocycles. The second-order valence-corrected chi connectivity index (χ2v) is 4.46. The second kappa shape index (κ2) is 6.13. The highest BCUT2D eigenvalue weighted by Crippen LogP contribution is 2.31. The molecule has 0 aliphatic rings. The molecule has 5 nitrogen and oxygen atoms in total. The number of aryl methyl sites for hydroxylation is 1. The number of carbonyl (C=O) groups excluding carboxylic acids is 1. The van der Waals surface area contributed by atoms with Crippen molar-refractivity contribution in [2.24, 2.45) is 5.73 Å². The Hall–Kier alpha value is -2.09. The lowest BCUT2D eigenvalue weighted by atomic mass is 10.3. The first-order valence-electron chi connectivity index (χ1n) is 6.42. The van der Waals surface area contributed by atoms with E-state index in [-0.39, 0.29) is 30.9 Å². The molecule has 0 spiro atoms. The molecule has 0 saturated carbocycles. The summed E-state index contributed by atoms with van der Waals surface area (Å²) in [6.45, 7) is 0.495. The number of nitrogens with one attached hydrogen (secondary N) is 1. The summed E-state index contributed by atoms with van der Waals surface area (Å²) in [6, 6.07) is 6.31. The molecule has 0 radical (unpaired) electrons. The van der Waals surface area contributed by atoms with Crippen molar-refractivity contribution in [3.63, 3.8) is 0 Å². The molecule has 21 heavy (non-hydrogen) atoms. The van der Waals surface area contributed by atoms with E-state index >= 15 is 0 Å². The summed E-state index contributed by atoms with van der Waals surface area (Å²) in [5, 5.41) is 2.52. The zero-order valence-corrected chi connectivity index (χ0v) is 11.2. The molecular weight excluding hydrogens is 285 g/mol. The van der Waals surface area contributed by atoms with Gasteiger partial charge in [0.1, 0.15) is 0 Å². The Labute approximate surface area is 118 Å². The molecule has 2 rings (SSSR count). The molecule has 0 fully saturated rings. The number of amides is 1. The summed E-state index contributed by atoms with van der Waals surface area (Å²) in [6.07, 6.45) is -4.63. The predicted molar refractivity (Wildman–Crippen MR) is 71.4 cm³/mol. The standard InChI is InChI=1S/C13H15F3N4O/c14-13(15,16)12-19-9-3-1-2-4-10(9)20(12)8-5-11(21)18-7-6-17/h1-4H,5-8,17H2,(H,18,21). The fourth-order valence-corrected chi connectivity index (χ4v) is 2.03. The van der Waals surface area contributed by atoms with E-state index in [1.807, 2.05) is 0 Å². The molecule has 1 amide bonds. The summed E-state index contributed by atoms with van der Waals surface area (Å²) < 4.78 is 40.1. The molecule has 1 aromatic heterocycles. The molecule has 0 aliphatic heterocycles. The summed E-state index contributed by atoms with van der Waals surface area (Å²) in [5.74, 6) is -1.33. The van der Waals surface area contributed by atoms with E-state index in [4.69, 9.17) is 5.73 Å². The zero-order valence-electron chi connectivity index (χ0n) is 11.2. The third-order valence-electron chi connectivity index (χ3n) is 2.94. The first kappa shape index (κ1) is 15.3. The predicted octanol–water partition coefficient (Wildman–Crippen LogP) is 1.52. The molecule has 114 valence electrons. The molecule has 0 atom stereocenters. The van der Waals surface area contributed by atoms with Crippen LogP contribution in [0.15, 0.2) is 24.3 Å². The number of aromatic nitrogens is 2. The van der Waals surface area contributed by atoms with Gasteiger partial charge in [0.05, 0.1) is 11.0 Å². The van der Waals surface area contributed by atoms with Crippen LogP contribution in [0.3, 0.4) is 0 Å². The molecule has 8 heteroatoms. The normalized spacial score (nSPS) is 11.8. The minimum atomic E-state index is -4.56. The Bertz CT molecular complexity index is 636. The number of nitrogens with zero attached hydrogens (tertiary/aromatic N) is 2. The lowest BCUT2D eigenvalue weighted by Crippen LogP contribution is -2.30. The quantitative estimate of drug-likeness (QED) is 0.879. The number of benzene rings is 1. The van der Waals surface area contributed by atoms with E-state index < -0.39 is 12.0 Å². The van der Waals surface area contributed by atoms with Gasteiger partial charge in [0, 0.05) is 26.1 Å². The van der Waals surface area contributed by atoms with E-state index in [0.717, 1.165) is 4.57 Å². The number of imidazole rings is 1. The Morgan fingerprint density at radius 2 is 2.05 bits per heavy atom. The van der Waals surface area contributed by atoms with Gasteiger partial charge in [0.2, 0.25) is 11.7 Å². The molecule has 0 unspecified atom stereocenters. The topological polar surface area (TPSA) is 72.9 Å². The monoisotopic (exact) mass is 300 g/mol. The van der Waals surface area contributed by atoms with Crippen molar-refractivity contribution < 1.29 is 18.0 Å². The molecule has 1 aromatic carbocycles. The summed E-state index contributed by atoms with van der Waals surface area (Å²) in [7, 11) is 0. The van der Waals surface area contributed by atoms with Crippen molar-refractivity contribution >= 4 is 16.9 Å². The van der Waals surface area contributed by atoms with Crippen molar-refractivity contribution in [3.05, 3.63) is 30.1 Å². The summed E-state index contributed by atoms with van der Waals surface area (Å²) >= 11 is 0. The maximum absolute atomic E-state index is 13.0. The van der Waals surface area contributed by atoms with Crippen LogP contribution in [0.25, 0.3) is 11.0 Å². The van der Waals surface area contributed by atoms with Crippen molar-refractivity contribution in [1.82, 2.24) is 14.9 Å². The first-order chi connectivity index (χ1) is 9.93. The Morgan fingerprint density at radius 1 is 1.33 bits per heavy atom. The fraction of sp³-hybridized carbons (Fsp3) is 0.385. The smallest absolute Gasteiger partial charge is 0.355 e. The Balaban J connectivity index is 2.26. The van der Waals surface area contributed by atoms with E-state index in [1.165, 1.54) is 6.07 Å². The second-order valence-electron chi connectivity index (χ2n) is 4.46. The molecule has 0 aliphatic carbocycles. The van der Waals surface area contributed by atoms with E-state index in [1.54, 1.807) is 18.2 Å². The molecular formula is C13H15F3N4O. The van der Waals surface area contributed by atoms with Gasteiger partial charge in [-0.15, -0.1) is 0 Å². The van der Waals surface area contributed by atoms with Crippen LogP contribution in [0.2, 0.25) is 0 Å². The van der Waals surface area contributed by atoms with Crippen LogP contribution in [0, 0.1) is 0 Å². The highest BCUT2D eigenvalue weighted by molar-refractivity contribution is 5.78. The first-order valence-corrected chi connectivity index (χ1v) is 6.42. The zero-order chi connectivity index (χ0) is 15.5. The number of alkyl halides is 3. The number of hydrogen-bond acceptors (Lipinski definition) is 3. The molecule has 2 aromatic rings. The van der Waals surface area contributed by atoms with Crippen LogP contribution in [-0.4, -0.2) is 28.5 Å². The van der Waals surface area contributed by atoms with Crippen molar-refractivity contribution in [3.8, 4) is 0 Å². The largest absolute Gasteiger partial charge is 0.449 e. The van der Waals surface area contributed by atoms with Crippen LogP contribution in [-0.2, 0) is 17.5 Å². The number of halogens is 3. The maximum atomic E-state index is 13.0. The minimum Gasteiger partial charge on any atom is -0.355 e. The average molecular weight is 300 g/mol.